The van der Waals surface area contributed by atoms with E-state index in [1.165, 1.54) is 161 Å². The summed E-state index contributed by atoms with van der Waals surface area (Å²) in [4.78, 5) is 44.8. The van der Waals surface area contributed by atoms with Crippen LogP contribution in [-0.4, -0.2) is 42.2 Å². The molecule has 8 nitrogen and oxygen atoms in total. The number of rotatable bonds is 38. The Bertz CT molecular complexity index is 1010. The average molecular weight is 775 g/mol. The predicted molar refractivity (Wildman–Crippen MR) is 225 cm³/mol. The van der Waals surface area contributed by atoms with Crippen LogP contribution in [0.5, 0.6) is 0 Å². The number of esters is 3. The number of carbonyl (C=O) groups is 4. The van der Waals surface area contributed by atoms with Crippen LogP contribution in [-0.2, 0) is 40.0 Å². The number of benzene rings is 1. The van der Waals surface area contributed by atoms with E-state index in [4.69, 9.17) is 14.6 Å². The van der Waals surface area contributed by atoms with Gasteiger partial charge in [0.15, 0.2) is 13.2 Å². The first-order chi connectivity index (χ1) is 26.9. The Hall–Kier alpha value is -2.90. The van der Waals surface area contributed by atoms with Crippen LogP contribution in [0.15, 0.2) is 30.3 Å². The van der Waals surface area contributed by atoms with Gasteiger partial charge in [0.05, 0.1) is 0 Å². The quantitative estimate of drug-likeness (QED) is 0.0401. The summed E-state index contributed by atoms with van der Waals surface area (Å²) in [5, 5.41) is 8.39. The molecule has 0 aromatic heterocycles. The Morgan fingerprint density at radius 3 is 1.04 bits per heavy atom. The molecular formula is C47H82O8. The van der Waals surface area contributed by atoms with Gasteiger partial charge in [-0.15, -0.1) is 0 Å². The zero-order valence-electron chi connectivity index (χ0n) is 35.4. The number of aliphatic carboxylic acids is 1. The van der Waals surface area contributed by atoms with Crippen molar-refractivity contribution in [2.24, 2.45) is 0 Å². The summed E-state index contributed by atoms with van der Waals surface area (Å²) in [5.74, 6) is -2.31. The first kappa shape index (κ1) is 52.1. The zero-order chi connectivity index (χ0) is 40.3. The fourth-order valence-corrected chi connectivity index (χ4v) is 6.49. The molecule has 0 bridgehead atoms. The van der Waals surface area contributed by atoms with Gasteiger partial charge in [-0.25, -0.2) is 9.59 Å². The van der Waals surface area contributed by atoms with E-state index in [0.717, 1.165) is 37.7 Å². The summed E-state index contributed by atoms with van der Waals surface area (Å²) in [6.07, 6.45) is 39.5. The number of carboxylic acids is 1. The second-order valence-electron chi connectivity index (χ2n) is 15.3. The van der Waals surface area contributed by atoms with E-state index in [1.54, 1.807) is 0 Å². The summed E-state index contributed by atoms with van der Waals surface area (Å²) in [6, 6.07) is 9.46. The number of carbonyl (C=O) groups excluding carboxylic acids is 3. The summed E-state index contributed by atoms with van der Waals surface area (Å²) >= 11 is 0. The van der Waals surface area contributed by atoms with Gasteiger partial charge in [-0.3, -0.25) is 9.59 Å². The maximum atomic E-state index is 11.7. The van der Waals surface area contributed by atoms with Crippen molar-refractivity contribution in [3.05, 3.63) is 35.9 Å². The molecule has 0 saturated heterocycles. The van der Waals surface area contributed by atoms with Gasteiger partial charge in [0.1, 0.15) is 6.61 Å². The lowest BCUT2D eigenvalue weighted by Gasteiger charge is -2.06. The van der Waals surface area contributed by atoms with E-state index in [2.05, 4.69) is 18.6 Å². The molecule has 55 heavy (non-hydrogen) atoms. The normalized spacial score (nSPS) is 10.7. The minimum Gasteiger partial charge on any atom is -0.479 e. The van der Waals surface area contributed by atoms with Crippen molar-refractivity contribution < 1.29 is 38.5 Å². The molecule has 1 rings (SSSR count). The third-order valence-electron chi connectivity index (χ3n) is 9.92. The van der Waals surface area contributed by atoms with E-state index in [1.807, 2.05) is 30.3 Å². The third kappa shape index (κ3) is 42.1. The Balaban J connectivity index is 0.00000110. The smallest absolute Gasteiger partial charge is 0.344 e. The molecular weight excluding hydrogens is 693 g/mol. The highest BCUT2D eigenvalue weighted by molar-refractivity contribution is 5.76. The summed E-state index contributed by atoms with van der Waals surface area (Å²) < 4.78 is 14.7. The zero-order valence-corrected chi connectivity index (χ0v) is 35.4. The first-order valence-electron chi connectivity index (χ1n) is 22.6. The molecule has 0 spiro atoms. The van der Waals surface area contributed by atoms with Crippen molar-refractivity contribution in [3.8, 4) is 0 Å². The van der Waals surface area contributed by atoms with Gasteiger partial charge in [0.2, 0.25) is 0 Å². The van der Waals surface area contributed by atoms with Crippen LogP contribution in [0, 0.1) is 0 Å². The standard InChI is InChI=1S/C27H44O4.C20H38O4/c1-2-3-4-5-6-7-8-9-10-11-12-13-14-15-19-22-26(28)31-24-27(29)30-23-25-20-17-16-18-21-25;1-2-3-4-5-6-7-8-9-10-11-12-13-14-15-16-17-20(23)24-18-19(21)22/h16-18,20-21H,2-15,19,22-24H2,1H3;2-18H2,1H3,(H,21,22). The van der Waals surface area contributed by atoms with E-state index in [9.17, 15) is 19.2 Å². The van der Waals surface area contributed by atoms with Crippen molar-refractivity contribution in [2.75, 3.05) is 13.2 Å². The second kappa shape index (κ2) is 42.2. The predicted octanol–water partition coefficient (Wildman–Crippen LogP) is 13.4. The van der Waals surface area contributed by atoms with Crippen molar-refractivity contribution >= 4 is 23.9 Å². The lowest BCUT2D eigenvalue weighted by atomic mass is 10.0. The van der Waals surface area contributed by atoms with Crippen LogP contribution in [0.25, 0.3) is 0 Å². The summed E-state index contributed by atoms with van der Waals surface area (Å²) in [5.41, 5.74) is 0.917. The Morgan fingerprint density at radius 2 is 0.709 bits per heavy atom. The van der Waals surface area contributed by atoms with Crippen LogP contribution in [0.4, 0.5) is 0 Å². The average Bonchev–Trinajstić information content (AvgIpc) is 3.19. The topological polar surface area (TPSA) is 116 Å². The monoisotopic (exact) mass is 775 g/mol. The van der Waals surface area contributed by atoms with Gasteiger partial charge in [-0.1, -0.05) is 224 Å². The van der Waals surface area contributed by atoms with E-state index in [-0.39, 0.29) is 19.2 Å². The lowest BCUT2D eigenvalue weighted by molar-refractivity contribution is -0.159. The SMILES string of the molecule is CCCCCCCCCCCCCCCCCC(=O)OCC(=O)O.CCCCCCCCCCCCCCCCCC(=O)OCC(=O)OCc1ccccc1. The molecule has 0 saturated carbocycles. The molecule has 1 N–H and O–H groups in total. The van der Waals surface area contributed by atoms with Crippen LogP contribution in [0.1, 0.15) is 225 Å². The minimum absolute atomic E-state index is 0.205. The highest BCUT2D eigenvalue weighted by atomic mass is 16.6. The number of unbranched alkanes of at least 4 members (excludes halogenated alkanes) is 28. The first-order valence-corrected chi connectivity index (χ1v) is 22.6. The van der Waals surface area contributed by atoms with Crippen molar-refractivity contribution in [1.82, 2.24) is 0 Å². The molecule has 0 aliphatic carbocycles. The van der Waals surface area contributed by atoms with Gasteiger partial charge in [0.25, 0.3) is 0 Å². The molecule has 0 unspecified atom stereocenters. The summed E-state index contributed by atoms with van der Waals surface area (Å²) in [7, 11) is 0. The molecule has 318 valence electrons. The minimum atomic E-state index is -1.10. The van der Waals surface area contributed by atoms with Crippen molar-refractivity contribution in [2.45, 2.75) is 226 Å². The molecule has 0 fully saturated rings. The highest BCUT2D eigenvalue weighted by Crippen LogP contribution is 2.15. The Labute approximate surface area is 336 Å². The van der Waals surface area contributed by atoms with Gasteiger partial charge in [-0.2, -0.15) is 0 Å². The number of carboxylic acid groups (broad SMARTS) is 1. The molecule has 1 aromatic carbocycles. The molecule has 0 amide bonds. The van der Waals surface area contributed by atoms with Crippen LogP contribution in [0.3, 0.4) is 0 Å². The van der Waals surface area contributed by atoms with Gasteiger partial charge in [-0.05, 0) is 18.4 Å². The number of ether oxygens (including phenoxy) is 3. The molecule has 8 heteroatoms. The molecule has 0 aliphatic rings. The fraction of sp³-hybridized carbons (Fsp3) is 0.787. The molecule has 0 aliphatic heterocycles. The highest BCUT2D eigenvalue weighted by Gasteiger charge is 2.09. The van der Waals surface area contributed by atoms with Crippen LogP contribution < -0.4 is 0 Å². The van der Waals surface area contributed by atoms with E-state index in [0.29, 0.717) is 12.8 Å². The summed E-state index contributed by atoms with van der Waals surface area (Å²) in [6.45, 7) is 3.91. The van der Waals surface area contributed by atoms with Gasteiger partial charge >= 0.3 is 23.9 Å². The molecule has 1 aromatic rings. The van der Waals surface area contributed by atoms with Crippen molar-refractivity contribution in [1.29, 1.82) is 0 Å². The fourth-order valence-electron chi connectivity index (χ4n) is 6.49. The Kier molecular flexibility index (Phi) is 40.0. The largest absolute Gasteiger partial charge is 0.479 e. The molecule has 0 radical (unpaired) electrons. The Morgan fingerprint density at radius 1 is 0.400 bits per heavy atom. The lowest BCUT2D eigenvalue weighted by Crippen LogP contribution is -2.16. The second-order valence-corrected chi connectivity index (χ2v) is 15.3. The number of hydrogen-bond acceptors (Lipinski definition) is 7. The van der Waals surface area contributed by atoms with Crippen LogP contribution >= 0.6 is 0 Å². The van der Waals surface area contributed by atoms with Gasteiger partial charge < -0.3 is 19.3 Å². The van der Waals surface area contributed by atoms with E-state index < -0.39 is 24.5 Å². The van der Waals surface area contributed by atoms with Crippen LogP contribution in [0.2, 0.25) is 0 Å². The number of hydrogen-bond donors (Lipinski definition) is 1. The molecule has 0 heterocycles. The maximum absolute atomic E-state index is 11.7. The maximum Gasteiger partial charge on any atom is 0.344 e. The van der Waals surface area contributed by atoms with E-state index >= 15 is 0 Å². The third-order valence-corrected chi connectivity index (χ3v) is 9.92. The molecule has 0 atom stereocenters. The van der Waals surface area contributed by atoms with Gasteiger partial charge in [0, 0.05) is 12.8 Å². The van der Waals surface area contributed by atoms with Crippen molar-refractivity contribution in [3.63, 3.8) is 0 Å².